The van der Waals surface area contributed by atoms with E-state index in [0.29, 0.717) is 19.4 Å². The van der Waals surface area contributed by atoms with Crippen LogP contribution in [0.4, 0.5) is 0 Å². The number of aromatic nitrogens is 2. The van der Waals surface area contributed by atoms with Gasteiger partial charge in [0.05, 0.1) is 12.3 Å². The third-order valence-corrected chi connectivity index (χ3v) is 4.67. The van der Waals surface area contributed by atoms with Crippen LogP contribution >= 0.6 is 11.3 Å². The minimum atomic E-state index is -0.0150. The number of hydrogen-bond acceptors (Lipinski definition) is 4. The number of aliphatic hydroxyl groups excluding tert-OH is 1. The van der Waals surface area contributed by atoms with Crippen molar-refractivity contribution in [2.75, 3.05) is 0 Å². The van der Waals surface area contributed by atoms with Crippen LogP contribution in [0.25, 0.3) is 4.96 Å². The lowest BCUT2D eigenvalue weighted by molar-refractivity contribution is -0.121. The molecule has 0 aliphatic carbocycles. The maximum absolute atomic E-state index is 12.1. The van der Waals surface area contributed by atoms with Crippen molar-refractivity contribution in [3.8, 4) is 0 Å². The third-order valence-electron chi connectivity index (χ3n) is 3.78. The van der Waals surface area contributed by atoms with Gasteiger partial charge < -0.3 is 10.4 Å². The van der Waals surface area contributed by atoms with Gasteiger partial charge in [-0.05, 0) is 24.5 Å². The SMILES string of the molecule is Cc1cn2c(CCC(=O)NCc3ccccc3CO)csc2n1. The number of nitrogens with zero attached hydrogens (tertiary/aromatic N) is 2. The number of aliphatic hydroxyl groups is 1. The molecule has 0 atom stereocenters. The second-order valence-electron chi connectivity index (χ2n) is 5.47. The quantitative estimate of drug-likeness (QED) is 0.730. The molecule has 2 heterocycles. The van der Waals surface area contributed by atoms with E-state index in [1.807, 2.05) is 41.8 Å². The molecule has 0 bridgehead atoms. The Balaban J connectivity index is 1.55. The van der Waals surface area contributed by atoms with Crippen LogP contribution in [0.1, 0.15) is 28.9 Å². The van der Waals surface area contributed by atoms with Gasteiger partial charge in [0.25, 0.3) is 0 Å². The summed E-state index contributed by atoms with van der Waals surface area (Å²) in [5.41, 5.74) is 3.90. The van der Waals surface area contributed by atoms with E-state index in [0.717, 1.165) is 27.5 Å². The second kappa shape index (κ2) is 6.93. The Morgan fingerprint density at radius 2 is 2.13 bits per heavy atom. The van der Waals surface area contributed by atoms with Crippen molar-refractivity contribution >= 4 is 22.2 Å². The van der Waals surface area contributed by atoms with E-state index in [2.05, 4.69) is 15.7 Å². The number of amides is 1. The van der Waals surface area contributed by atoms with Crippen LogP contribution in [0.2, 0.25) is 0 Å². The fraction of sp³-hybridized carbons (Fsp3) is 0.294. The molecule has 2 N–H and O–H groups in total. The van der Waals surface area contributed by atoms with Gasteiger partial charge in [0.15, 0.2) is 4.96 Å². The highest BCUT2D eigenvalue weighted by Gasteiger charge is 2.09. The number of rotatable bonds is 6. The van der Waals surface area contributed by atoms with Crippen molar-refractivity contribution in [2.24, 2.45) is 0 Å². The number of carbonyl (C=O) groups is 1. The van der Waals surface area contributed by atoms with Gasteiger partial charge in [-0.25, -0.2) is 4.98 Å². The highest BCUT2D eigenvalue weighted by molar-refractivity contribution is 7.15. The third kappa shape index (κ3) is 3.60. The Bertz CT molecular complexity index is 822. The lowest BCUT2D eigenvalue weighted by Crippen LogP contribution is -2.23. The van der Waals surface area contributed by atoms with Crippen molar-refractivity contribution in [3.63, 3.8) is 0 Å². The van der Waals surface area contributed by atoms with Crippen molar-refractivity contribution in [2.45, 2.75) is 32.9 Å². The molecule has 0 aliphatic rings. The lowest BCUT2D eigenvalue weighted by atomic mass is 10.1. The average molecular weight is 329 g/mol. The number of aryl methyl sites for hydroxylation is 2. The molecule has 2 aromatic heterocycles. The number of thiazole rings is 1. The van der Waals surface area contributed by atoms with Crippen molar-refractivity contribution in [1.82, 2.24) is 14.7 Å². The maximum Gasteiger partial charge on any atom is 0.220 e. The van der Waals surface area contributed by atoms with E-state index in [1.165, 1.54) is 0 Å². The van der Waals surface area contributed by atoms with Crippen LogP contribution in [-0.2, 0) is 24.4 Å². The maximum atomic E-state index is 12.1. The molecule has 0 saturated heterocycles. The summed E-state index contributed by atoms with van der Waals surface area (Å²) in [5.74, 6) is 0.00827. The molecule has 1 aromatic carbocycles. The zero-order valence-corrected chi connectivity index (χ0v) is 13.8. The zero-order valence-electron chi connectivity index (χ0n) is 13.0. The molecule has 5 nitrogen and oxygen atoms in total. The molecule has 23 heavy (non-hydrogen) atoms. The molecule has 0 unspecified atom stereocenters. The summed E-state index contributed by atoms with van der Waals surface area (Å²) in [5, 5.41) is 14.3. The summed E-state index contributed by atoms with van der Waals surface area (Å²) in [4.78, 5) is 17.4. The first-order valence-corrected chi connectivity index (χ1v) is 8.41. The van der Waals surface area contributed by atoms with Crippen LogP contribution < -0.4 is 5.32 Å². The van der Waals surface area contributed by atoms with Crippen molar-refractivity contribution in [1.29, 1.82) is 0 Å². The molecule has 6 heteroatoms. The van der Waals surface area contributed by atoms with Crippen LogP contribution in [-0.4, -0.2) is 20.4 Å². The fourth-order valence-electron chi connectivity index (χ4n) is 2.53. The first-order chi connectivity index (χ1) is 11.2. The predicted molar refractivity (Wildman–Crippen MR) is 90.3 cm³/mol. The summed E-state index contributed by atoms with van der Waals surface area (Å²) in [6.45, 7) is 2.40. The minimum absolute atomic E-state index is 0.00827. The monoisotopic (exact) mass is 329 g/mol. The van der Waals surface area contributed by atoms with E-state index < -0.39 is 0 Å². The van der Waals surface area contributed by atoms with Gasteiger partial charge >= 0.3 is 0 Å². The Hall–Kier alpha value is -2.18. The fourth-order valence-corrected chi connectivity index (χ4v) is 3.48. The first kappa shape index (κ1) is 15.7. The molecule has 3 aromatic rings. The van der Waals surface area contributed by atoms with Crippen LogP contribution in [0, 0.1) is 6.92 Å². The molecular formula is C17H19N3O2S. The van der Waals surface area contributed by atoms with Gasteiger partial charge in [-0.3, -0.25) is 9.20 Å². The van der Waals surface area contributed by atoms with Crippen molar-refractivity contribution < 1.29 is 9.90 Å². The van der Waals surface area contributed by atoms with Crippen LogP contribution in [0.5, 0.6) is 0 Å². The normalized spacial score (nSPS) is 11.0. The Kier molecular flexibility index (Phi) is 4.73. The molecule has 0 saturated carbocycles. The van der Waals surface area contributed by atoms with Crippen molar-refractivity contribution in [3.05, 3.63) is 58.4 Å². The van der Waals surface area contributed by atoms with Crippen LogP contribution in [0.15, 0.2) is 35.8 Å². The van der Waals surface area contributed by atoms with Gasteiger partial charge in [-0.1, -0.05) is 24.3 Å². The van der Waals surface area contributed by atoms with Gasteiger partial charge in [-0.15, -0.1) is 11.3 Å². The molecule has 0 aliphatic heterocycles. The van der Waals surface area contributed by atoms with Gasteiger partial charge in [0.2, 0.25) is 5.91 Å². The standard InChI is InChI=1S/C17H19N3O2S/c1-12-9-20-15(11-23-17(20)19-12)6-7-16(22)18-8-13-4-2-3-5-14(13)10-21/h2-5,9,11,21H,6-8,10H2,1H3,(H,18,22). The zero-order chi connectivity index (χ0) is 16.2. The van der Waals surface area contributed by atoms with E-state index >= 15 is 0 Å². The minimum Gasteiger partial charge on any atom is -0.392 e. The molecule has 0 spiro atoms. The Labute approximate surface area is 138 Å². The van der Waals surface area contributed by atoms with E-state index in [1.54, 1.807) is 11.3 Å². The number of benzene rings is 1. The largest absolute Gasteiger partial charge is 0.392 e. The Morgan fingerprint density at radius 1 is 1.35 bits per heavy atom. The smallest absolute Gasteiger partial charge is 0.220 e. The predicted octanol–water partition coefficient (Wildman–Crippen LogP) is 2.45. The number of hydrogen-bond donors (Lipinski definition) is 2. The molecule has 0 fully saturated rings. The lowest BCUT2D eigenvalue weighted by Gasteiger charge is -2.09. The number of carbonyl (C=O) groups excluding carboxylic acids is 1. The summed E-state index contributed by atoms with van der Waals surface area (Å²) >= 11 is 1.59. The molecule has 0 radical (unpaired) electrons. The van der Waals surface area contributed by atoms with E-state index in [4.69, 9.17) is 0 Å². The summed E-state index contributed by atoms with van der Waals surface area (Å²) < 4.78 is 2.05. The topological polar surface area (TPSA) is 66.6 Å². The molecule has 1 amide bonds. The summed E-state index contributed by atoms with van der Waals surface area (Å²) in [7, 11) is 0. The number of nitrogens with one attached hydrogen (secondary N) is 1. The molecule has 120 valence electrons. The van der Waals surface area contributed by atoms with Crippen LogP contribution in [0.3, 0.4) is 0 Å². The average Bonchev–Trinajstić information content (AvgIpc) is 3.10. The highest BCUT2D eigenvalue weighted by Crippen LogP contribution is 2.17. The van der Waals surface area contributed by atoms with E-state index in [-0.39, 0.29) is 12.5 Å². The molecule has 3 rings (SSSR count). The van der Waals surface area contributed by atoms with Gasteiger partial charge in [0, 0.05) is 30.2 Å². The molecular weight excluding hydrogens is 310 g/mol. The number of fused-ring (bicyclic) bond motifs is 1. The highest BCUT2D eigenvalue weighted by atomic mass is 32.1. The second-order valence-corrected chi connectivity index (χ2v) is 6.30. The first-order valence-electron chi connectivity index (χ1n) is 7.54. The van der Waals surface area contributed by atoms with Gasteiger partial charge in [-0.2, -0.15) is 0 Å². The summed E-state index contributed by atoms with van der Waals surface area (Å²) in [6.07, 6.45) is 3.12. The van der Waals surface area contributed by atoms with Gasteiger partial charge in [0.1, 0.15) is 0 Å². The Morgan fingerprint density at radius 3 is 2.91 bits per heavy atom. The summed E-state index contributed by atoms with van der Waals surface area (Å²) in [6, 6.07) is 7.57. The number of imidazole rings is 1. The van der Waals surface area contributed by atoms with E-state index in [9.17, 15) is 9.90 Å².